The molecular weight excluding hydrogens is 279 g/mol. The van der Waals surface area contributed by atoms with Crippen LogP contribution in [0.5, 0.6) is 0 Å². The summed E-state index contributed by atoms with van der Waals surface area (Å²) in [4.78, 5) is 23.5. The summed E-state index contributed by atoms with van der Waals surface area (Å²) in [5.41, 5.74) is 0.468. The molecule has 0 aliphatic rings. The summed E-state index contributed by atoms with van der Waals surface area (Å²) in [7, 11) is 0. The number of ketones is 2. The van der Waals surface area contributed by atoms with Crippen molar-refractivity contribution in [1.29, 1.82) is 0 Å². The second-order valence-electron chi connectivity index (χ2n) is 4.96. The van der Waals surface area contributed by atoms with E-state index in [1.807, 2.05) is 51.1 Å². The first kappa shape index (κ1) is 14.1. The molecule has 0 bridgehead atoms. The first-order valence-corrected chi connectivity index (χ1v) is 8.03. The molecule has 0 radical (unpaired) electrons. The van der Waals surface area contributed by atoms with Crippen LogP contribution in [0.3, 0.4) is 0 Å². The normalized spacial score (nSPS) is 11.2. The number of carbonyl (C=O) groups excluding carboxylic acids is 2. The molecule has 3 heteroatoms. The van der Waals surface area contributed by atoms with Crippen molar-refractivity contribution in [3.8, 4) is 0 Å². The van der Waals surface area contributed by atoms with Crippen molar-refractivity contribution in [3.63, 3.8) is 0 Å². The Morgan fingerprint density at radius 3 is 2.18 bits per heavy atom. The summed E-state index contributed by atoms with van der Waals surface area (Å²) < 4.78 is 0. The molecule has 0 saturated carbocycles. The van der Waals surface area contributed by atoms with E-state index >= 15 is 0 Å². The van der Waals surface area contributed by atoms with Crippen molar-refractivity contribution in [3.05, 3.63) is 35.9 Å². The Morgan fingerprint density at radius 1 is 1.06 bits per heavy atom. The Labute approximate surface area is 109 Å². The molecule has 2 nitrogen and oxygen atoms in total. The predicted octanol–water partition coefficient (Wildman–Crippen LogP) is 3.03. The average molecular weight is 297 g/mol. The standard InChI is InChI=1S/C14H18O2Se/c1-14(2,3)13(16)10-17-9-12(15)11-7-5-4-6-8-11/h4-8H,9-10H2,1-3H3. The van der Waals surface area contributed by atoms with E-state index in [-0.39, 0.29) is 31.9 Å². The van der Waals surface area contributed by atoms with Gasteiger partial charge in [0.1, 0.15) is 0 Å². The fourth-order valence-corrected chi connectivity index (χ4v) is 3.41. The molecule has 17 heavy (non-hydrogen) atoms. The van der Waals surface area contributed by atoms with Crippen LogP contribution < -0.4 is 0 Å². The molecule has 0 N–H and O–H groups in total. The van der Waals surface area contributed by atoms with Gasteiger partial charge in [0.05, 0.1) is 0 Å². The van der Waals surface area contributed by atoms with Gasteiger partial charge >= 0.3 is 109 Å². The zero-order chi connectivity index (χ0) is 12.9. The maximum absolute atomic E-state index is 11.8. The second kappa shape index (κ2) is 6.13. The van der Waals surface area contributed by atoms with Crippen LogP contribution in [0, 0.1) is 5.41 Å². The number of rotatable bonds is 5. The molecule has 1 aromatic carbocycles. The second-order valence-corrected chi connectivity index (χ2v) is 7.02. The van der Waals surface area contributed by atoms with Gasteiger partial charge in [0, 0.05) is 0 Å². The number of carbonyl (C=O) groups is 2. The van der Waals surface area contributed by atoms with Gasteiger partial charge in [0.15, 0.2) is 0 Å². The Hall–Kier alpha value is -0.921. The monoisotopic (exact) mass is 298 g/mol. The van der Waals surface area contributed by atoms with E-state index in [2.05, 4.69) is 0 Å². The Morgan fingerprint density at radius 2 is 1.65 bits per heavy atom. The van der Waals surface area contributed by atoms with Crippen LogP contribution in [0.25, 0.3) is 0 Å². The summed E-state index contributed by atoms with van der Waals surface area (Å²) in [6.07, 6.45) is 0. The zero-order valence-electron chi connectivity index (χ0n) is 10.5. The van der Waals surface area contributed by atoms with Crippen molar-refractivity contribution in [2.24, 2.45) is 5.41 Å². The number of benzene rings is 1. The van der Waals surface area contributed by atoms with Gasteiger partial charge in [0.2, 0.25) is 0 Å². The third-order valence-corrected chi connectivity index (χ3v) is 4.36. The molecule has 0 aliphatic heterocycles. The molecule has 0 fully saturated rings. The van der Waals surface area contributed by atoms with Crippen molar-refractivity contribution in [1.82, 2.24) is 0 Å². The average Bonchev–Trinajstić information content (AvgIpc) is 2.28. The minimum absolute atomic E-state index is 0.0806. The molecule has 1 aromatic rings. The summed E-state index contributed by atoms with van der Waals surface area (Å²) in [6, 6.07) is 9.26. The van der Waals surface area contributed by atoms with Crippen LogP contribution in [-0.4, -0.2) is 26.5 Å². The van der Waals surface area contributed by atoms with Gasteiger partial charge < -0.3 is 0 Å². The fraction of sp³-hybridized carbons (Fsp3) is 0.429. The van der Waals surface area contributed by atoms with E-state index in [4.69, 9.17) is 0 Å². The number of hydrogen-bond donors (Lipinski definition) is 0. The van der Waals surface area contributed by atoms with Gasteiger partial charge in [-0.25, -0.2) is 0 Å². The SMILES string of the molecule is CC(C)(C)C(=O)C[Se]CC(=O)c1ccccc1. The van der Waals surface area contributed by atoms with Crippen molar-refractivity contribution in [2.45, 2.75) is 31.4 Å². The molecule has 0 spiro atoms. The van der Waals surface area contributed by atoms with E-state index in [0.717, 1.165) is 5.56 Å². The molecule has 1 rings (SSSR count). The number of hydrogen-bond acceptors (Lipinski definition) is 2. The van der Waals surface area contributed by atoms with Crippen LogP contribution in [0.4, 0.5) is 0 Å². The van der Waals surface area contributed by atoms with Gasteiger partial charge in [-0.1, -0.05) is 0 Å². The van der Waals surface area contributed by atoms with Crippen LogP contribution in [0.1, 0.15) is 31.1 Å². The molecule has 0 heterocycles. The van der Waals surface area contributed by atoms with E-state index in [1.165, 1.54) is 0 Å². The summed E-state index contributed by atoms with van der Waals surface area (Å²) in [6.45, 7) is 5.76. The molecule has 92 valence electrons. The Kier molecular flexibility index (Phi) is 5.10. The summed E-state index contributed by atoms with van der Waals surface area (Å²) >= 11 is 0.0806. The number of Topliss-reactive ketones (excluding diaryl/α,β-unsaturated/α-hetero) is 2. The van der Waals surface area contributed by atoms with Crippen LogP contribution in [0.15, 0.2) is 30.3 Å². The summed E-state index contributed by atoms with van der Waals surface area (Å²) in [5, 5.41) is 1.06. The molecular formula is C14H18O2Se. The third-order valence-electron chi connectivity index (χ3n) is 2.40. The van der Waals surface area contributed by atoms with Crippen LogP contribution in [-0.2, 0) is 4.79 Å². The summed E-state index contributed by atoms with van der Waals surface area (Å²) in [5.74, 6) is 0.394. The van der Waals surface area contributed by atoms with Crippen LogP contribution >= 0.6 is 0 Å². The molecule has 0 atom stereocenters. The third kappa shape index (κ3) is 4.84. The van der Waals surface area contributed by atoms with Crippen LogP contribution in [0.2, 0.25) is 10.6 Å². The van der Waals surface area contributed by atoms with E-state index in [0.29, 0.717) is 10.6 Å². The quantitative estimate of drug-likeness (QED) is 0.618. The molecule has 0 aliphatic carbocycles. The first-order chi connectivity index (χ1) is 7.91. The molecule has 0 saturated heterocycles. The minimum atomic E-state index is -0.280. The van der Waals surface area contributed by atoms with E-state index in [9.17, 15) is 9.59 Å². The maximum atomic E-state index is 11.8. The molecule has 0 unspecified atom stereocenters. The topological polar surface area (TPSA) is 34.1 Å². The first-order valence-electron chi connectivity index (χ1n) is 5.60. The zero-order valence-corrected chi connectivity index (χ0v) is 12.2. The van der Waals surface area contributed by atoms with Crippen molar-refractivity contribution >= 4 is 26.5 Å². The molecule has 0 amide bonds. The predicted molar refractivity (Wildman–Crippen MR) is 70.6 cm³/mol. The van der Waals surface area contributed by atoms with Gasteiger partial charge in [-0.2, -0.15) is 0 Å². The van der Waals surface area contributed by atoms with E-state index < -0.39 is 0 Å². The molecule has 0 aromatic heterocycles. The van der Waals surface area contributed by atoms with Gasteiger partial charge in [-0.3, -0.25) is 0 Å². The van der Waals surface area contributed by atoms with Gasteiger partial charge in [-0.15, -0.1) is 0 Å². The van der Waals surface area contributed by atoms with E-state index in [1.54, 1.807) is 0 Å². The van der Waals surface area contributed by atoms with Crippen molar-refractivity contribution < 1.29 is 9.59 Å². The van der Waals surface area contributed by atoms with Crippen molar-refractivity contribution in [2.75, 3.05) is 0 Å². The Balaban J connectivity index is 2.38. The fourth-order valence-electron chi connectivity index (χ4n) is 1.16. The van der Waals surface area contributed by atoms with Gasteiger partial charge in [0.25, 0.3) is 0 Å². The van der Waals surface area contributed by atoms with Gasteiger partial charge in [-0.05, 0) is 0 Å². The Bertz CT molecular complexity index is 390.